The maximum Gasteiger partial charge on any atom is 0.221 e. The number of carbonyl (C=O) groups is 1. The van der Waals surface area contributed by atoms with E-state index < -0.39 is 0 Å². The Morgan fingerprint density at radius 2 is 1.71 bits per heavy atom. The van der Waals surface area contributed by atoms with Gasteiger partial charge in [-0.05, 0) is 40.0 Å². The van der Waals surface area contributed by atoms with Gasteiger partial charge in [0, 0.05) is 45.7 Å². The third-order valence-corrected chi connectivity index (χ3v) is 4.17. The average Bonchev–Trinajstić information content (AvgIpc) is 2.49. The highest BCUT2D eigenvalue weighted by molar-refractivity contribution is 5.75. The summed E-state index contributed by atoms with van der Waals surface area (Å²) in [7, 11) is 3.99. The molecule has 5 heteroatoms. The van der Waals surface area contributed by atoms with Gasteiger partial charge >= 0.3 is 0 Å². The predicted molar refractivity (Wildman–Crippen MR) is 88.6 cm³/mol. The maximum absolute atomic E-state index is 11.5. The Hall–Kier alpha value is -0.650. The smallest absolute Gasteiger partial charge is 0.221 e. The lowest BCUT2D eigenvalue weighted by atomic mass is 10.2. The summed E-state index contributed by atoms with van der Waals surface area (Å²) in [6.45, 7) is 11.2. The Morgan fingerprint density at radius 1 is 1.05 bits per heavy atom. The highest BCUT2D eigenvalue weighted by Gasteiger charge is 2.14. The van der Waals surface area contributed by atoms with E-state index in [2.05, 4.69) is 22.0 Å². The number of hydrogen-bond donors (Lipinski definition) is 1. The van der Waals surface area contributed by atoms with E-state index in [1.165, 1.54) is 52.1 Å². The van der Waals surface area contributed by atoms with Crippen molar-refractivity contribution in [2.24, 2.45) is 0 Å². The highest BCUT2D eigenvalue weighted by atomic mass is 16.1. The van der Waals surface area contributed by atoms with Gasteiger partial charge in [0.2, 0.25) is 5.91 Å². The van der Waals surface area contributed by atoms with Crippen LogP contribution in [0.2, 0.25) is 0 Å². The fraction of sp³-hybridized carbons (Fsp3) is 0.938. The number of amides is 1. The molecule has 1 aliphatic rings. The fourth-order valence-corrected chi connectivity index (χ4v) is 2.61. The maximum atomic E-state index is 11.5. The van der Waals surface area contributed by atoms with E-state index in [-0.39, 0.29) is 5.91 Å². The van der Waals surface area contributed by atoms with E-state index in [0.29, 0.717) is 6.42 Å². The number of rotatable bonds is 10. The molecule has 0 radical (unpaired) electrons. The van der Waals surface area contributed by atoms with Crippen LogP contribution in [0.1, 0.15) is 32.6 Å². The van der Waals surface area contributed by atoms with E-state index in [1.807, 2.05) is 19.0 Å². The van der Waals surface area contributed by atoms with Crippen molar-refractivity contribution in [3.05, 3.63) is 0 Å². The van der Waals surface area contributed by atoms with Crippen LogP contribution in [0.15, 0.2) is 0 Å². The van der Waals surface area contributed by atoms with Gasteiger partial charge in [-0.2, -0.15) is 0 Å². The molecule has 0 atom stereocenters. The minimum atomic E-state index is 0.180. The van der Waals surface area contributed by atoms with E-state index in [1.54, 1.807) is 0 Å². The molecular formula is C16H34N4O. The molecule has 0 aromatic carbocycles. The molecule has 1 amide bonds. The van der Waals surface area contributed by atoms with Crippen molar-refractivity contribution >= 4 is 5.91 Å². The summed E-state index contributed by atoms with van der Waals surface area (Å²) >= 11 is 0. The molecule has 1 fully saturated rings. The van der Waals surface area contributed by atoms with Gasteiger partial charge in [0.25, 0.3) is 0 Å². The van der Waals surface area contributed by atoms with Crippen LogP contribution in [0.25, 0.3) is 0 Å². The van der Waals surface area contributed by atoms with Crippen LogP contribution >= 0.6 is 0 Å². The number of carbonyl (C=O) groups excluding carboxylic acids is 1. The first-order valence-electron chi connectivity index (χ1n) is 8.48. The molecule has 0 aromatic rings. The zero-order valence-corrected chi connectivity index (χ0v) is 14.2. The van der Waals surface area contributed by atoms with Crippen LogP contribution in [0.3, 0.4) is 0 Å². The van der Waals surface area contributed by atoms with E-state index in [9.17, 15) is 4.79 Å². The zero-order chi connectivity index (χ0) is 15.5. The van der Waals surface area contributed by atoms with Crippen molar-refractivity contribution in [1.29, 1.82) is 0 Å². The molecule has 0 aromatic heterocycles. The van der Waals surface area contributed by atoms with Crippen LogP contribution in [0.5, 0.6) is 0 Å². The van der Waals surface area contributed by atoms with Gasteiger partial charge in [-0.25, -0.2) is 0 Å². The van der Waals surface area contributed by atoms with Crippen LogP contribution in [0.4, 0.5) is 0 Å². The molecule has 0 unspecified atom stereocenters. The van der Waals surface area contributed by atoms with Crippen LogP contribution in [-0.2, 0) is 4.79 Å². The van der Waals surface area contributed by atoms with Gasteiger partial charge in [-0.15, -0.1) is 0 Å². The molecule has 1 N–H and O–H groups in total. The van der Waals surface area contributed by atoms with Crippen molar-refractivity contribution in [3.63, 3.8) is 0 Å². The van der Waals surface area contributed by atoms with E-state index in [0.717, 1.165) is 19.5 Å². The first-order valence-corrected chi connectivity index (χ1v) is 8.48. The Bertz CT molecular complexity index is 275. The van der Waals surface area contributed by atoms with E-state index >= 15 is 0 Å². The number of nitrogens with one attached hydrogen (secondary N) is 1. The number of piperazine rings is 1. The molecule has 0 spiro atoms. The number of likely N-dealkylation sites (N-methyl/N-ethyl adjacent to an activating group) is 1. The van der Waals surface area contributed by atoms with Crippen LogP contribution in [-0.4, -0.2) is 87.1 Å². The summed E-state index contributed by atoms with van der Waals surface area (Å²) in [6, 6.07) is 0. The average molecular weight is 298 g/mol. The number of hydrogen-bond acceptors (Lipinski definition) is 4. The molecule has 1 saturated heterocycles. The minimum Gasteiger partial charge on any atom is -0.356 e. The molecule has 0 bridgehead atoms. The Labute approximate surface area is 130 Å². The van der Waals surface area contributed by atoms with Gasteiger partial charge in [0.05, 0.1) is 0 Å². The van der Waals surface area contributed by atoms with Crippen LogP contribution < -0.4 is 5.32 Å². The SMILES string of the molecule is CCN1CCN(CCCCCNC(=O)CCN(C)C)CC1. The molecule has 1 heterocycles. The van der Waals surface area contributed by atoms with Gasteiger partial charge in [-0.3, -0.25) is 4.79 Å². The predicted octanol–water partition coefficient (Wildman–Crippen LogP) is 0.862. The molecule has 1 aliphatic heterocycles. The van der Waals surface area contributed by atoms with Crippen molar-refractivity contribution in [2.75, 3.05) is 66.5 Å². The zero-order valence-electron chi connectivity index (χ0n) is 14.2. The molecule has 1 rings (SSSR count). The first-order chi connectivity index (χ1) is 10.1. The Balaban J connectivity index is 1.90. The van der Waals surface area contributed by atoms with Gasteiger partial charge in [-0.1, -0.05) is 13.3 Å². The van der Waals surface area contributed by atoms with Crippen molar-refractivity contribution in [1.82, 2.24) is 20.0 Å². The van der Waals surface area contributed by atoms with Gasteiger partial charge in [0.1, 0.15) is 0 Å². The third-order valence-electron chi connectivity index (χ3n) is 4.17. The van der Waals surface area contributed by atoms with Gasteiger partial charge < -0.3 is 20.0 Å². The quantitative estimate of drug-likeness (QED) is 0.607. The molecule has 5 nitrogen and oxygen atoms in total. The summed E-state index contributed by atoms with van der Waals surface area (Å²) in [4.78, 5) is 18.7. The molecule has 0 aliphatic carbocycles. The van der Waals surface area contributed by atoms with E-state index in [4.69, 9.17) is 0 Å². The van der Waals surface area contributed by atoms with Crippen molar-refractivity contribution < 1.29 is 4.79 Å². The summed E-state index contributed by atoms with van der Waals surface area (Å²) in [5.74, 6) is 0.180. The Kier molecular flexibility index (Phi) is 9.63. The summed E-state index contributed by atoms with van der Waals surface area (Å²) in [5, 5.41) is 3.00. The summed E-state index contributed by atoms with van der Waals surface area (Å²) in [5.41, 5.74) is 0. The monoisotopic (exact) mass is 298 g/mol. The lowest BCUT2D eigenvalue weighted by molar-refractivity contribution is -0.121. The lowest BCUT2D eigenvalue weighted by Gasteiger charge is -2.33. The normalized spacial score (nSPS) is 17.3. The fourth-order valence-electron chi connectivity index (χ4n) is 2.61. The lowest BCUT2D eigenvalue weighted by Crippen LogP contribution is -2.46. The second-order valence-electron chi connectivity index (χ2n) is 6.24. The minimum absolute atomic E-state index is 0.180. The largest absolute Gasteiger partial charge is 0.356 e. The second-order valence-corrected chi connectivity index (χ2v) is 6.24. The summed E-state index contributed by atoms with van der Waals surface area (Å²) < 4.78 is 0. The molecular weight excluding hydrogens is 264 g/mol. The standard InChI is InChI=1S/C16H34N4O/c1-4-19-12-14-20(15-13-19)10-7-5-6-9-17-16(21)8-11-18(2)3/h4-15H2,1-3H3,(H,17,21). The first kappa shape index (κ1) is 18.4. The molecule has 21 heavy (non-hydrogen) atoms. The number of unbranched alkanes of at least 4 members (excludes halogenated alkanes) is 2. The van der Waals surface area contributed by atoms with Crippen molar-refractivity contribution in [2.45, 2.75) is 32.6 Å². The summed E-state index contributed by atoms with van der Waals surface area (Å²) in [6.07, 6.45) is 4.17. The van der Waals surface area contributed by atoms with Crippen molar-refractivity contribution in [3.8, 4) is 0 Å². The van der Waals surface area contributed by atoms with Crippen LogP contribution in [0, 0.1) is 0 Å². The highest BCUT2D eigenvalue weighted by Crippen LogP contribution is 2.04. The topological polar surface area (TPSA) is 38.8 Å². The molecule has 0 saturated carbocycles. The Morgan fingerprint density at radius 3 is 2.33 bits per heavy atom. The van der Waals surface area contributed by atoms with Gasteiger partial charge in [0.15, 0.2) is 0 Å². The third kappa shape index (κ3) is 9.06. The number of nitrogens with zero attached hydrogens (tertiary/aromatic N) is 3. The molecule has 124 valence electrons. The second kappa shape index (κ2) is 11.0.